The van der Waals surface area contributed by atoms with Crippen LogP contribution >= 0.6 is 0 Å². The Balaban J connectivity index is 1.81. The van der Waals surface area contributed by atoms with Gasteiger partial charge in [-0.15, -0.1) is 0 Å². The number of hydrogen-bond donors (Lipinski definition) is 2. The predicted octanol–water partition coefficient (Wildman–Crippen LogP) is 9.04. The molecule has 0 spiro atoms. The molecule has 2 N–H and O–H groups in total. The molecule has 0 fully saturated rings. The third-order valence-corrected chi connectivity index (χ3v) is 7.25. The Hall–Kier alpha value is -4.82. The molecule has 0 aliphatic rings. The molecule has 0 aliphatic carbocycles. The largest absolute Gasteiger partial charge is 0.507 e. The van der Waals surface area contributed by atoms with E-state index >= 15 is 0 Å². The fourth-order valence-electron chi connectivity index (χ4n) is 5.71. The van der Waals surface area contributed by atoms with E-state index < -0.39 is 0 Å². The minimum absolute atomic E-state index is 0.218. The van der Waals surface area contributed by atoms with Crippen molar-refractivity contribution in [1.82, 2.24) is 0 Å². The highest BCUT2D eigenvalue weighted by molar-refractivity contribution is 6.26. The molecule has 7 rings (SSSR count). The molecule has 2 heteroatoms. The Morgan fingerprint density at radius 2 is 0.611 bits per heavy atom. The Kier molecular flexibility index (Phi) is 4.49. The Labute approximate surface area is 208 Å². The van der Waals surface area contributed by atoms with E-state index in [4.69, 9.17) is 0 Å². The van der Waals surface area contributed by atoms with Crippen LogP contribution in [0.2, 0.25) is 0 Å². The minimum Gasteiger partial charge on any atom is -0.507 e. The lowest BCUT2D eigenvalue weighted by molar-refractivity contribution is 0.477. The molecule has 0 aliphatic heterocycles. The van der Waals surface area contributed by atoms with Crippen LogP contribution in [0.1, 0.15) is 0 Å². The summed E-state index contributed by atoms with van der Waals surface area (Å²) in [4.78, 5) is 0. The van der Waals surface area contributed by atoms with Gasteiger partial charge in [-0.1, -0.05) is 109 Å². The monoisotopic (exact) mass is 462 g/mol. The second-order valence-corrected chi connectivity index (χ2v) is 9.20. The van der Waals surface area contributed by atoms with Crippen molar-refractivity contribution in [3.63, 3.8) is 0 Å². The lowest BCUT2D eigenvalue weighted by Gasteiger charge is -2.22. The molecule has 0 bridgehead atoms. The Morgan fingerprint density at radius 3 is 1.03 bits per heavy atom. The average Bonchev–Trinajstić information content (AvgIpc) is 2.93. The maximum atomic E-state index is 11.4. The SMILES string of the molecule is Oc1ccc2ccccc2c1-c1c(-c2c(O)ccc3ccccc23)c2ccccc2c2ccccc12. The molecular weight excluding hydrogens is 440 g/mol. The average molecular weight is 463 g/mol. The predicted molar refractivity (Wildman–Crippen MR) is 151 cm³/mol. The summed E-state index contributed by atoms with van der Waals surface area (Å²) in [7, 11) is 0. The molecule has 2 nitrogen and oxygen atoms in total. The number of phenolic OH excluding ortho intramolecular Hbond substituents is 2. The van der Waals surface area contributed by atoms with Gasteiger partial charge >= 0.3 is 0 Å². The van der Waals surface area contributed by atoms with Gasteiger partial charge in [-0.3, -0.25) is 0 Å². The van der Waals surface area contributed by atoms with Crippen LogP contribution in [0.15, 0.2) is 121 Å². The van der Waals surface area contributed by atoms with Crippen molar-refractivity contribution in [2.24, 2.45) is 0 Å². The quantitative estimate of drug-likeness (QED) is 0.252. The van der Waals surface area contributed by atoms with E-state index in [9.17, 15) is 10.2 Å². The van der Waals surface area contributed by atoms with Crippen LogP contribution in [-0.2, 0) is 0 Å². The molecule has 0 saturated heterocycles. The van der Waals surface area contributed by atoms with Gasteiger partial charge in [-0.2, -0.15) is 0 Å². The summed E-state index contributed by atoms with van der Waals surface area (Å²) in [5.74, 6) is 0.435. The molecule has 0 unspecified atom stereocenters. The Bertz CT molecular complexity index is 1820. The molecule has 0 radical (unpaired) electrons. The van der Waals surface area contributed by atoms with Crippen LogP contribution < -0.4 is 0 Å². The van der Waals surface area contributed by atoms with Crippen molar-refractivity contribution >= 4 is 43.1 Å². The van der Waals surface area contributed by atoms with Gasteiger partial charge in [0.2, 0.25) is 0 Å². The van der Waals surface area contributed by atoms with Gasteiger partial charge in [-0.05, 0) is 55.2 Å². The first-order chi connectivity index (χ1) is 17.7. The highest BCUT2D eigenvalue weighted by Crippen LogP contribution is 2.51. The van der Waals surface area contributed by atoms with Gasteiger partial charge in [0.15, 0.2) is 0 Å². The van der Waals surface area contributed by atoms with Crippen molar-refractivity contribution in [3.8, 4) is 33.8 Å². The summed E-state index contributed by atoms with van der Waals surface area (Å²) in [5.41, 5.74) is 3.39. The zero-order valence-electron chi connectivity index (χ0n) is 19.4. The number of benzene rings is 7. The van der Waals surface area contributed by atoms with E-state index in [2.05, 4.69) is 60.7 Å². The summed E-state index contributed by atoms with van der Waals surface area (Å²) in [6.45, 7) is 0. The fourth-order valence-corrected chi connectivity index (χ4v) is 5.71. The lowest BCUT2D eigenvalue weighted by atomic mass is 9.82. The van der Waals surface area contributed by atoms with Crippen molar-refractivity contribution in [1.29, 1.82) is 0 Å². The summed E-state index contributed by atoms with van der Waals surface area (Å²) in [5, 5.41) is 31.1. The van der Waals surface area contributed by atoms with Gasteiger partial charge in [-0.25, -0.2) is 0 Å². The molecule has 0 saturated carbocycles. The first-order valence-corrected chi connectivity index (χ1v) is 12.1. The van der Waals surface area contributed by atoms with Gasteiger partial charge < -0.3 is 10.2 Å². The molecule has 0 aromatic heterocycles. The van der Waals surface area contributed by atoms with Gasteiger partial charge in [0.05, 0.1) is 0 Å². The number of hydrogen-bond acceptors (Lipinski definition) is 2. The third-order valence-electron chi connectivity index (χ3n) is 7.25. The number of fused-ring (bicyclic) bond motifs is 5. The summed E-state index contributed by atoms with van der Waals surface area (Å²) in [6.07, 6.45) is 0. The first kappa shape index (κ1) is 20.5. The zero-order chi connectivity index (χ0) is 24.2. The van der Waals surface area contributed by atoms with Crippen LogP contribution in [-0.4, -0.2) is 10.2 Å². The van der Waals surface area contributed by atoms with Crippen LogP contribution in [0.25, 0.3) is 65.3 Å². The maximum Gasteiger partial charge on any atom is 0.124 e. The summed E-state index contributed by atoms with van der Waals surface area (Å²) >= 11 is 0. The Morgan fingerprint density at radius 1 is 0.278 bits per heavy atom. The molecule has 7 aromatic rings. The first-order valence-electron chi connectivity index (χ1n) is 12.1. The van der Waals surface area contributed by atoms with Crippen molar-refractivity contribution < 1.29 is 10.2 Å². The molecule has 0 heterocycles. The summed E-state index contributed by atoms with van der Waals surface area (Å²) in [6, 6.07) is 40.4. The lowest BCUT2D eigenvalue weighted by Crippen LogP contribution is -1.94. The number of rotatable bonds is 2. The van der Waals surface area contributed by atoms with Crippen LogP contribution in [0, 0.1) is 0 Å². The minimum atomic E-state index is 0.218. The van der Waals surface area contributed by atoms with E-state index in [1.54, 1.807) is 12.1 Å². The smallest absolute Gasteiger partial charge is 0.124 e. The molecule has 7 aromatic carbocycles. The van der Waals surface area contributed by atoms with E-state index in [1.165, 1.54) is 0 Å². The standard InChI is InChI=1S/C34H22O2/c35-29-19-17-21-9-1-3-11-23(21)31(29)33-27-15-7-5-13-25(27)26-14-6-8-16-28(26)34(33)32-24-12-4-2-10-22(24)18-20-30(32)36/h1-20,35-36H. The number of aromatic hydroxyl groups is 2. The van der Waals surface area contributed by atoms with Gasteiger partial charge in [0.25, 0.3) is 0 Å². The molecule has 36 heavy (non-hydrogen) atoms. The van der Waals surface area contributed by atoms with Gasteiger partial charge in [0.1, 0.15) is 11.5 Å². The molecule has 0 amide bonds. The highest BCUT2D eigenvalue weighted by atomic mass is 16.3. The van der Waals surface area contributed by atoms with E-state index in [1.807, 2.05) is 48.5 Å². The van der Waals surface area contributed by atoms with Crippen molar-refractivity contribution in [2.75, 3.05) is 0 Å². The van der Waals surface area contributed by atoms with Crippen molar-refractivity contribution in [2.45, 2.75) is 0 Å². The number of phenols is 2. The van der Waals surface area contributed by atoms with Crippen LogP contribution in [0.3, 0.4) is 0 Å². The van der Waals surface area contributed by atoms with Crippen LogP contribution in [0.4, 0.5) is 0 Å². The fraction of sp³-hybridized carbons (Fsp3) is 0. The van der Waals surface area contributed by atoms with Crippen LogP contribution in [0.5, 0.6) is 11.5 Å². The van der Waals surface area contributed by atoms with Gasteiger partial charge in [0, 0.05) is 22.3 Å². The normalized spacial score (nSPS) is 11.6. The molecule has 170 valence electrons. The third kappa shape index (κ3) is 2.91. The maximum absolute atomic E-state index is 11.4. The van der Waals surface area contributed by atoms with Crippen molar-refractivity contribution in [3.05, 3.63) is 121 Å². The van der Waals surface area contributed by atoms with E-state index in [0.29, 0.717) is 0 Å². The zero-order valence-corrected chi connectivity index (χ0v) is 19.4. The van der Waals surface area contributed by atoms with E-state index in [-0.39, 0.29) is 11.5 Å². The van der Waals surface area contributed by atoms with E-state index in [0.717, 1.165) is 65.3 Å². The topological polar surface area (TPSA) is 40.5 Å². The highest BCUT2D eigenvalue weighted by Gasteiger charge is 2.24. The second-order valence-electron chi connectivity index (χ2n) is 9.20. The molecule has 0 atom stereocenters. The second kappa shape index (κ2) is 7.86. The molecular formula is C34H22O2. The summed E-state index contributed by atoms with van der Waals surface area (Å²) < 4.78 is 0.